The van der Waals surface area contributed by atoms with Gasteiger partial charge in [0, 0.05) is 5.56 Å². The van der Waals surface area contributed by atoms with E-state index >= 15 is 0 Å². The van der Waals surface area contributed by atoms with E-state index in [1.807, 2.05) is 26.1 Å². The molecular formula is C33H32ClF5N10O3. The van der Waals surface area contributed by atoms with E-state index in [0.29, 0.717) is 22.4 Å². The highest BCUT2D eigenvalue weighted by atomic mass is 35.5. The van der Waals surface area contributed by atoms with Gasteiger partial charge in [0.1, 0.15) is 24.2 Å². The van der Waals surface area contributed by atoms with E-state index in [1.54, 1.807) is 24.3 Å². The molecule has 0 saturated heterocycles. The van der Waals surface area contributed by atoms with Crippen molar-refractivity contribution in [3.63, 3.8) is 0 Å². The van der Waals surface area contributed by atoms with Crippen molar-refractivity contribution in [3.05, 3.63) is 89.1 Å². The summed E-state index contributed by atoms with van der Waals surface area (Å²) in [5.41, 5.74) is 3.50. The summed E-state index contributed by atoms with van der Waals surface area (Å²) >= 11 is 6.42. The van der Waals surface area contributed by atoms with Crippen molar-refractivity contribution in [1.29, 1.82) is 0 Å². The summed E-state index contributed by atoms with van der Waals surface area (Å²) in [5, 5.41) is 16.1. The number of rotatable bonds is 10. The fourth-order valence-electron chi connectivity index (χ4n) is 5.97. The molecule has 0 unspecified atom stereocenters. The first kappa shape index (κ1) is 36.4. The van der Waals surface area contributed by atoms with Crippen molar-refractivity contribution in [2.75, 3.05) is 6.61 Å². The molecule has 0 radical (unpaired) electrons. The minimum atomic E-state index is -4.73. The van der Waals surface area contributed by atoms with Crippen molar-refractivity contribution in [2.45, 2.75) is 63.3 Å². The largest absolute Gasteiger partial charge is 0.447 e. The third-order valence-electron chi connectivity index (χ3n) is 9.08. The Morgan fingerprint density at radius 3 is 2.42 bits per heavy atom. The Kier molecular flexibility index (Phi) is 9.09. The molecule has 0 bridgehead atoms. The smallest absolute Gasteiger partial charge is 0.411 e. The van der Waals surface area contributed by atoms with Gasteiger partial charge >= 0.3 is 12.3 Å². The zero-order valence-electron chi connectivity index (χ0n) is 27.9. The number of guanidine groups is 1. The van der Waals surface area contributed by atoms with Gasteiger partial charge in [0.05, 0.1) is 22.9 Å². The van der Waals surface area contributed by atoms with Crippen LogP contribution < -0.4 is 11.1 Å². The molecule has 3 heterocycles. The lowest BCUT2D eigenvalue weighted by molar-refractivity contribution is -0.164. The molecule has 4 aromatic rings. The van der Waals surface area contributed by atoms with Crippen molar-refractivity contribution in [2.24, 2.45) is 16.1 Å². The van der Waals surface area contributed by atoms with Gasteiger partial charge in [0.2, 0.25) is 5.96 Å². The lowest BCUT2D eigenvalue weighted by atomic mass is 9.71. The normalized spacial score (nSPS) is 19.1. The average molecular weight is 747 g/mol. The van der Waals surface area contributed by atoms with Crippen LogP contribution in [0, 0.1) is 5.41 Å². The monoisotopic (exact) mass is 746 g/mol. The number of benzene rings is 2. The average Bonchev–Trinajstić information content (AvgIpc) is 3.40. The van der Waals surface area contributed by atoms with Gasteiger partial charge in [0.25, 0.3) is 12.3 Å². The number of amides is 2. The second-order valence-electron chi connectivity index (χ2n) is 13.4. The van der Waals surface area contributed by atoms with E-state index in [-0.39, 0.29) is 35.1 Å². The van der Waals surface area contributed by atoms with Gasteiger partial charge in [-0.1, -0.05) is 69.3 Å². The lowest BCUT2D eigenvalue weighted by Crippen LogP contribution is -2.50. The van der Waals surface area contributed by atoms with Gasteiger partial charge < -0.3 is 15.8 Å². The molecule has 2 amide bonds. The first-order chi connectivity index (χ1) is 24.4. The second-order valence-corrected chi connectivity index (χ2v) is 13.8. The first-order valence-corrected chi connectivity index (χ1v) is 16.1. The molecule has 274 valence electrons. The van der Waals surface area contributed by atoms with E-state index in [0.717, 1.165) is 15.9 Å². The van der Waals surface area contributed by atoms with Crippen LogP contribution in [0.25, 0.3) is 16.9 Å². The van der Waals surface area contributed by atoms with Crippen LogP contribution in [0.4, 0.5) is 26.7 Å². The highest BCUT2D eigenvalue weighted by Gasteiger charge is 2.65. The number of alkyl carbamates (subject to hydrolysis) is 1. The van der Waals surface area contributed by atoms with Crippen LogP contribution in [-0.4, -0.2) is 71.4 Å². The maximum absolute atomic E-state index is 15.0. The number of carbonyl (C=O) groups excluding carboxylic acids is 2. The molecule has 2 aliphatic rings. The van der Waals surface area contributed by atoms with Gasteiger partial charge in [-0.2, -0.15) is 33.7 Å². The molecule has 6 rings (SSSR count). The standard InChI is InChI=1S/C33H32ClF5N10O3/c1-17(30(2,3)4)32(20-8-5-18(6-9-20)22-14-42-47-46-22)27(50)48(28(40)44-32)24(15-52-29(51)45-31(11-12-31)33(37,38)39)19-7-10-21(34)23(13-19)49-26(25(35)36)41-16-43-49/h5-10,13-14,16,24-25H,1,11-12,15H2,2-4H3,(H2,40,44)(H,45,51)(H,42,46,47)/t24-,32-/m1/s1. The molecule has 1 saturated carbocycles. The number of H-pyrrole nitrogens is 1. The van der Waals surface area contributed by atoms with Gasteiger partial charge in [-0.15, -0.1) is 0 Å². The topological polar surface area (TPSA) is 169 Å². The van der Waals surface area contributed by atoms with Crippen molar-refractivity contribution in [3.8, 4) is 16.9 Å². The fraction of sp³-hybridized carbons (Fsp3) is 0.364. The molecular weight excluding hydrogens is 715 g/mol. The van der Waals surface area contributed by atoms with E-state index in [2.05, 4.69) is 32.1 Å². The lowest BCUT2D eigenvalue weighted by Gasteiger charge is -2.37. The summed E-state index contributed by atoms with van der Waals surface area (Å²) in [5.74, 6) is -1.81. The van der Waals surface area contributed by atoms with Crippen LogP contribution >= 0.6 is 11.6 Å². The summed E-state index contributed by atoms with van der Waals surface area (Å²) in [6.45, 7) is 9.00. The Morgan fingerprint density at radius 2 is 1.85 bits per heavy atom. The molecule has 1 fully saturated rings. The number of aromatic nitrogens is 6. The highest BCUT2D eigenvalue weighted by molar-refractivity contribution is 6.32. The van der Waals surface area contributed by atoms with Crippen LogP contribution in [0.5, 0.6) is 0 Å². The number of nitrogens with one attached hydrogen (secondary N) is 2. The van der Waals surface area contributed by atoms with Gasteiger partial charge in [0.15, 0.2) is 11.4 Å². The van der Waals surface area contributed by atoms with Crippen molar-refractivity contribution in [1.82, 2.24) is 40.4 Å². The molecule has 13 nitrogen and oxygen atoms in total. The molecule has 2 aromatic heterocycles. The Labute approximate surface area is 298 Å². The Balaban J connectivity index is 1.44. The van der Waals surface area contributed by atoms with Crippen LogP contribution in [0.15, 0.2) is 72.1 Å². The van der Waals surface area contributed by atoms with E-state index in [1.165, 1.54) is 24.4 Å². The number of aliphatic imine (C=N–C) groups is 1. The highest BCUT2D eigenvalue weighted by Crippen LogP contribution is 2.50. The van der Waals surface area contributed by atoms with Gasteiger partial charge in [-0.05, 0) is 47.1 Å². The predicted octanol–water partition coefficient (Wildman–Crippen LogP) is 6.16. The zero-order valence-corrected chi connectivity index (χ0v) is 28.6. The Bertz CT molecular complexity index is 2040. The number of hydrogen-bond donors (Lipinski definition) is 3. The van der Waals surface area contributed by atoms with E-state index < -0.39 is 59.6 Å². The van der Waals surface area contributed by atoms with E-state index in [4.69, 9.17) is 27.1 Å². The van der Waals surface area contributed by atoms with Crippen LogP contribution in [0.2, 0.25) is 5.02 Å². The summed E-state index contributed by atoms with van der Waals surface area (Å²) < 4.78 is 74.7. The van der Waals surface area contributed by atoms with Gasteiger partial charge in [-0.3, -0.25) is 9.69 Å². The Morgan fingerprint density at radius 1 is 1.15 bits per heavy atom. The summed E-state index contributed by atoms with van der Waals surface area (Å²) in [7, 11) is 0. The second kappa shape index (κ2) is 13.0. The number of hydrogen-bond acceptors (Lipinski definition) is 9. The number of alkyl halides is 5. The fourth-order valence-corrected chi connectivity index (χ4v) is 6.17. The molecule has 1 aliphatic heterocycles. The van der Waals surface area contributed by atoms with Gasteiger partial charge in [-0.25, -0.2) is 28.2 Å². The molecule has 19 heteroatoms. The zero-order chi connectivity index (χ0) is 37.8. The molecule has 4 N–H and O–H groups in total. The number of carbonyl (C=O) groups is 2. The van der Waals surface area contributed by atoms with Crippen LogP contribution in [0.3, 0.4) is 0 Å². The summed E-state index contributed by atoms with van der Waals surface area (Å²) in [6.07, 6.45) is -7.43. The predicted molar refractivity (Wildman–Crippen MR) is 177 cm³/mol. The molecule has 2 aromatic carbocycles. The summed E-state index contributed by atoms with van der Waals surface area (Å²) in [4.78, 5) is 37.2. The minimum absolute atomic E-state index is 0.0357. The number of nitrogens with zero attached hydrogens (tertiary/aromatic N) is 7. The SMILES string of the molecule is C=C(C(C)(C)C)[C@]1(c2ccc(-c3cn[nH]n3)cc2)N=C(N)N([C@H](COC(=O)NC2(C(F)(F)F)CC2)c2ccc(Cl)c(-n3ncnc3C(F)F)c2)C1=O. The number of halogens is 6. The first-order valence-electron chi connectivity index (χ1n) is 15.7. The molecule has 0 spiro atoms. The van der Waals surface area contributed by atoms with E-state index in [9.17, 15) is 31.5 Å². The summed E-state index contributed by atoms with van der Waals surface area (Å²) in [6, 6.07) is 9.40. The van der Waals surface area contributed by atoms with Crippen LogP contribution in [-0.2, 0) is 15.1 Å². The molecule has 2 atom stereocenters. The quantitative estimate of drug-likeness (QED) is 0.128. The number of aromatic amines is 1. The number of nitrogens with two attached hydrogens (primary N) is 1. The minimum Gasteiger partial charge on any atom is -0.447 e. The maximum atomic E-state index is 15.0. The van der Waals surface area contributed by atoms with Crippen molar-refractivity contribution >= 4 is 29.6 Å². The molecule has 52 heavy (non-hydrogen) atoms. The Hall–Kier alpha value is -5.39. The maximum Gasteiger partial charge on any atom is 0.411 e. The van der Waals surface area contributed by atoms with Crippen molar-refractivity contribution < 1.29 is 36.3 Å². The third-order valence-corrected chi connectivity index (χ3v) is 9.40. The molecule has 1 aliphatic carbocycles. The third kappa shape index (κ3) is 6.35. The number of ether oxygens (including phenoxy) is 1. The van der Waals surface area contributed by atoms with Crippen LogP contribution in [0.1, 0.15) is 63.0 Å².